The zero-order valence-electron chi connectivity index (χ0n) is 7.25. The van der Waals surface area contributed by atoms with E-state index in [2.05, 4.69) is 10.2 Å². The Morgan fingerprint density at radius 3 is 1.71 bits per heavy atom. The average Bonchev–Trinajstić information content (AvgIpc) is 2.44. The maximum atomic E-state index is 11.3. The molecule has 0 saturated heterocycles. The van der Waals surface area contributed by atoms with Crippen LogP contribution in [0.2, 0.25) is 10.0 Å². The van der Waals surface area contributed by atoms with E-state index in [1.807, 2.05) is 0 Å². The van der Waals surface area contributed by atoms with Crippen molar-refractivity contribution in [1.82, 2.24) is 14.8 Å². The molecule has 17 heavy (non-hydrogen) atoms. The van der Waals surface area contributed by atoms with Crippen LogP contribution in [0.3, 0.4) is 0 Å². The summed E-state index contributed by atoms with van der Waals surface area (Å²) >= 11 is 11.5. The van der Waals surface area contributed by atoms with Gasteiger partial charge in [0, 0.05) is 10.0 Å². The molecule has 0 atom stereocenters. The Bertz CT molecular complexity index is 572. The Balaban J connectivity index is 0.00000128. The molecule has 1 heterocycles. The average molecular weight is 294 g/mol. The van der Waals surface area contributed by atoms with Crippen LogP contribution in [0.1, 0.15) is 0 Å². The minimum atomic E-state index is -0.571. The molecule has 0 bridgehead atoms. The van der Waals surface area contributed by atoms with Gasteiger partial charge in [-0.3, -0.25) is 0 Å². The van der Waals surface area contributed by atoms with Gasteiger partial charge in [0.15, 0.2) is 0 Å². The number of aromatic nitrogens is 3. The molecule has 0 saturated carbocycles. The summed E-state index contributed by atoms with van der Waals surface area (Å²) < 4.78 is 0.901. The summed E-state index contributed by atoms with van der Waals surface area (Å²) in [6.07, 6.45) is 0. The number of nitrogens with zero attached hydrogens (tertiary/aromatic N) is 1. The fourth-order valence-corrected chi connectivity index (χ4v) is 1.73. The zero-order chi connectivity index (χ0) is 11.0. The number of aromatic amines is 2. The van der Waals surface area contributed by atoms with Gasteiger partial charge in [0.05, 0.1) is 5.69 Å². The van der Waals surface area contributed by atoms with Crippen molar-refractivity contribution in [2.24, 2.45) is 0 Å². The maximum absolute atomic E-state index is 11.3. The molecule has 1 aromatic carbocycles. The van der Waals surface area contributed by atoms with E-state index in [4.69, 9.17) is 23.2 Å². The number of hydrogen-bond donors (Lipinski definition) is 2. The molecule has 0 spiro atoms. The van der Waals surface area contributed by atoms with E-state index >= 15 is 0 Å². The Labute approximate surface area is 150 Å². The molecule has 0 amide bonds. The molecule has 9 heteroatoms. The molecule has 2 aromatic rings. The van der Waals surface area contributed by atoms with Gasteiger partial charge in [-0.15, -0.1) is 0 Å². The normalized spacial score (nSPS) is 9.29. The van der Waals surface area contributed by atoms with Crippen molar-refractivity contribution in [3.63, 3.8) is 0 Å². The minimum absolute atomic E-state index is 0. The topological polar surface area (TPSA) is 70.7 Å². The third-order valence-corrected chi connectivity index (χ3v) is 2.22. The standard InChI is InChI=1S/C8H5Cl2N3O2.2Na.2H/c9-4-1-5(10)3-6(2-4)13-7(14)11-12-8(13)15;;;;/h1-3H,(H,11,14)(H,12,15);;;;. The van der Waals surface area contributed by atoms with Crippen LogP contribution in [0, 0.1) is 0 Å². The van der Waals surface area contributed by atoms with E-state index in [0.29, 0.717) is 15.7 Å². The van der Waals surface area contributed by atoms with Crippen molar-refractivity contribution in [2.45, 2.75) is 0 Å². The number of H-pyrrole nitrogens is 2. The summed E-state index contributed by atoms with van der Waals surface area (Å²) in [4.78, 5) is 22.5. The van der Waals surface area contributed by atoms with Gasteiger partial charge >= 0.3 is 70.5 Å². The predicted octanol–water partition coefficient (Wildman–Crippen LogP) is -0.136. The van der Waals surface area contributed by atoms with Crippen LogP contribution in [0.4, 0.5) is 0 Å². The number of hydrogen-bond acceptors (Lipinski definition) is 2. The number of halogens is 2. The quantitative estimate of drug-likeness (QED) is 0.719. The first-order valence-electron chi connectivity index (χ1n) is 3.94. The molecule has 0 aliphatic heterocycles. The van der Waals surface area contributed by atoms with Gasteiger partial charge in [-0.2, -0.15) is 0 Å². The Morgan fingerprint density at radius 1 is 0.882 bits per heavy atom. The van der Waals surface area contributed by atoms with Gasteiger partial charge < -0.3 is 0 Å². The summed E-state index contributed by atoms with van der Waals surface area (Å²) in [6.45, 7) is 0. The first-order chi connectivity index (χ1) is 7.08. The van der Waals surface area contributed by atoms with Crippen molar-refractivity contribution in [3.8, 4) is 5.69 Å². The SMILES string of the molecule is O=c1[nH][nH]c(=O)n1-c1cc(Cl)cc(Cl)c1.[NaH].[NaH]. The van der Waals surface area contributed by atoms with Gasteiger partial charge in [0.2, 0.25) is 0 Å². The van der Waals surface area contributed by atoms with Crippen LogP contribution in [0.15, 0.2) is 27.8 Å². The van der Waals surface area contributed by atoms with E-state index < -0.39 is 11.4 Å². The Kier molecular flexibility index (Phi) is 7.44. The molecular formula is C8H7Cl2N3Na2O2. The van der Waals surface area contributed by atoms with Crippen LogP contribution in [-0.2, 0) is 0 Å². The molecule has 0 aliphatic rings. The molecule has 0 radical (unpaired) electrons. The fourth-order valence-electron chi connectivity index (χ4n) is 1.21. The van der Waals surface area contributed by atoms with E-state index in [1.165, 1.54) is 18.2 Å². The van der Waals surface area contributed by atoms with Gasteiger partial charge in [-0.1, -0.05) is 23.2 Å². The zero-order valence-corrected chi connectivity index (χ0v) is 8.76. The van der Waals surface area contributed by atoms with Gasteiger partial charge in [-0.25, -0.2) is 24.4 Å². The molecule has 82 valence electrons. The molecule has 2 rings (SSSR count). The summed E-state index contributed by atoms with van der Waals surface area (Å²) in [5, 5.41) is 5.02. The van der Waals surface area contributed by atoms with Gasteiger partial charge in [-0.05, 0) is 18.2 Å². The van der Waals surface area contributed by atoms with E-state index in [-0.39, 0.29) is 59.1 Å². The first-order valence-corrected chi connectivity index (χ1v) is 4.70. The summed E-state index contributed by atoms with van der Waals surface area (Å²) in [7, 11) is 0. The summed E-state index contributed by atoms with van der Waals surface area (Å²) in [6, 6.07) is 4.45. The van der Waals surface area contributed by atoms with Crippen LogP contribution in [0.25, 0.3) is 5.69 Å². The molecule has 1 aromatic heterocycles. The fraction of sp³-hybridized carbons (Fsp3) is 0. The van der Waals surface area contributed by atoms with Crippen LogP contribution in [-0.4, -0.2) is 73.9 Å². The second kappa shape index (κ2) is 7.21. The van der Waals surface area contributed by atoms with E-state index in [9.17, 15) is 9.59 Å². The van der Waals surface area contributed by atoms with Crippen molar-refractivity contribution >= 4 is 82.3 Å². The second-order valence-electron chi connectivity index (χ2n) is 2.82. The third kappa shape index (κ3) is 4.01. The molecule has 0 aliphatic carbocycles. The van der Waals surface area contributed by atoms with Gasteiger partial charge in [0.1, 0.15) is 0 Å². The molecule has 2 N–H and O–H groups in total. The number of nitrogens with one attached hydrogen (secondary N) is 2. The first kappa shape index (κ1) is 17.5. The van der Waals surface area contributed by atoms with Crippen molar-refractivity contribution in [1.29, 1.82) is 0 Å². The van der Waals surface area contributed by atoms with E-state index in [0.717, 1.165) is 4.57 Å². The van der Waals surface area contributed by atoms with Crippen LogP contribution < -0.4 is 11.4 Å². The van der Waals surface area contributed by atoms with Crippen molar-refractivity contribution in [2.75, 3.05) is 0 Å². The molecule has 0 fully saturated rings. The van der Waals surface area contributed by atoms with Crippen molar-refractivity contribution in [3.05, 3.63) is 49.2 Å². The predicted molar refractivity (Wildman–Crippen MR) is 71.3 cm³/mol. The number of benzene rings is 1. The summed E-state index contributed by atoms with van der Waals surface area (Å²) in [5.41, 5.74) is -0.823. The third-order valence-electron chi connectivity index (χ3n) is 1.79. The van der Waals surface area contributed by atoms with Crippen molar-refractivity contribution < 1.29 is 0 Å². The molecule has 0 unspecified atom stereocenters. The molecular weight excluding hydrogens is 287 g/mol. The summed E-state index contributed by atoms with van der Waals surface area (Å²) in [5.74, 6) is 0. The monoisotopic (exact) mass is 293 g/mol. The number of rotatable bonds is 1. The van der Waals surface area contributed by atoms with Crippen LogP contribution in [0.5, 0.6) is 0 Å². The Morgan fingerprint density at radius 2 is 1.29 bits per heavy atom. The molecule has 5 nitrogen and oxygen atoms in total. The second-order valence-corrected chi connectivity index (χ2v) is 3.70. The van der Waals surface area contributed by atoms with Crippen LogP contribution >= 0.6 is 23.2 Å². The van der Waals surface area contributed by atoms with E-state index in [1.54, 1.807) is 0 Å². The van der Waals surface area contributed by atoms with Gasteiger partial charge in [0.25, 0.3) is 0 Å². The Hall–Kier alpha value is 0.540.